The molecule has 4 heteroatoms. The molecule has 0 radical (unpaired) electrons. The number of nitrogens with zero attached hydrogens (tertiary/aromatic N) is 1. The molecule has 2 atom stereocenters. The summed E-state index contributed by atoms with van der Waals surface area (Å²) in [6.07, 6.45) is 1.12. The predicted octanol–water partition coefficient (Wildman–Crippen LogP) is 2.76. The quantitative estimate of drug-likeness (QED) is 0.787. The number of hydrogen-bond acceptors (Lipinski definition) is 4. The van der Waals surface area contributed by atoms with Crippen molar-refractivity contribution in [1.29, 1.82) is 0 Å². The monoisotopic (exact) mass is 228 g/mol. The summed E-state index contributed by atoms with van der Waals surface area (Å²) in [5.74, 6) is 2.32. The summed E-state index contributed by atoms with van der Waals surface area (Å²) >= 11 is 1.60. The van der Waals surface area contributed by atoms with Gasteiger partial charge in [-0.3, -0.25) is 0 Å². The summed E-state index contributed by atoms with van der Waals surface area (Å²) in [4.78, 5) is 4.31. The van der Waals surface area contributed by atoms with Crippen molar-refractivity contribution in [3.63, 3.8) is 0 Å². The topological polar surface area (TPSA) is 52.0 Å². The molecule has 0 bridgehead atoms. The van der Waals surface area contributed by atoms with Crippen LogP contribution in [0.15, 0.2) is 9.64 Å². The van der Waals surface area contributed by atoms with E-state index in [1.165, 1.54) is 0 Å². The van der Waals surface area contributed by atoms with Crippen LogP contribution >= 0.6 is 11.8 Å². The van der Waals surface area contributed by atoms with Crippen LogP contribution in [-0.4, -0.2) is 16.8 Å². The Bertz CT molecular complexity index is 292. The normalized spacial score (nSPS) is 15.3. The molecular formula is C11H20N2OS. The molecule has 0 aliphatic rings. The highest BCUT2D eigenvalue weighted by atomic mass is 32.2. The Morgan fingerprint density at radius 3 is 2.60 bits per heavy atom. The molecule has 0 fully saturated rings. The molecule has 0 aliphatic heterocycles. The molecule has 3 nitrogen and oxygen atoms in total. The Morgan fingerprint density at radius 1 is 1.47 bits per heavy atom. The molecule has 1 aromatic rings. The van der Waals surface area contributed by atoms with Crippen LogP contribution in [-0.2, 0) is 0 Å². The second-order valence-corrected chi connectivity index (χ2v) is 4.95. The van der Waals surface area contributed by atoms with Crippen LogP contribution in [0.5, 0.6) is 0 Å². The number of rotatable bonds is 5. The Labute approximate surface area is 95.8 Å². The minimum Gasteiger partial charge on any atom is -0.437 e. The summed E-state index contributed by atoms with van der Waals surface area (Å²) in [6.45, 7) is 8.23. The van der Waals surface area contributed by atoms with E-state index in [-0.39, 0.29) is 6.04 Å². The van der Waals surface area contributed by atoms with Crippen molar-refractivity contribution in [2.45, 2.75) is 45.4 Å². The van der Waals surface area contributed by atoms with Crippen LogP contribution < -0.4 is 5.73 Å². The minimum absolute atomic E-state index is 0.215. The fourth-order valence-electron chi connectivity index (χ4n) is 1.14. The lowest BCUT2D eigenvalue weighted by molar-refractivity contribution is 0.428. The lowest BCUT2D eigenvalue weighted by Crippen LogP contribution is -2.30. The van der Waals surface area contributed by atoms with Crippen molar-refractivity contribution in [3.05, 3.63) is 11.5 Å². The number of aryl methyl sites for hydroxylation is 2. The van der Waals surface area contributed by atoms with Crippen molar-refractivity contribution in [1.82, 2.24) is 4.98 Å². The second-order valence-electron chi connectivity index (χ2n) is 3.98. The van der Waals surface area contributed by atoms with Gasteiger partial charge in [0.15, 0.2) is 0 Å². The standard InChI is InChI=1S/C11H20N2OS/c1-5-7(2)10(12)6-15-11-13-8(3)9(4)14-11/h7,10H,5-6,12H2,1-4H3. The maximum absolute atomic E-state index is 6.03. The van der Waals surface area contributed by atoms with E-state index in [1.807, 2.05) is 13.8 Å². The third-order valence-corrected chi connectivity index (χ3v) is 3.76. The third kappa shape index (κ3) is 3.54. The highest BCUT2D eigenvalue weighted by molar-refractivity contribution is 7.99. The Hall–Kier alpha value is -0.480. The highest BCUT2D eigenvalue weighted by Crippen LogP contribution is 2.22. The van der Waals surface area contributed by atoms with Crippen LogP contribution in [0.25, 0.3) is 0 Å². The van der Waals surface area contributed by atoms with E-state index in [0.29, 0.717) is 5.92 Å². The summed E-state index contributed by atoms with van der Waals surface area (Å²) < 4.78 is 5.47. The van der Waals surface area contributed by atoms with E-state index in [1.54, 1.807) is 11.8 Å². The van der Waals surface area contributed by atoms with Crippen molar-refractivity contribution in [3.8, 4) is 0 Å². The number of thioether (sulfide) groups is 1. The molecule has 86 valence electrons. The van der Waals surface area contributed by atoms with Crippen molar-refractivity contribution < 1.29 is 4.42 Å². The van der Waals surface area contributed by atoms with E-state index in [0.717, 1.165) is 28.9 Å². The van der Waals surface area contributed by atoms with Crippen LogP contribution in [0, 0.1) is 19.8 Å². The van der Waals surface area contributed by atoms with E-state index >= 15 is 0 Å². The zero-order valence-corrected chi connectivity index (χ0v) is 10.7. The first kappa shape index (κ1) is 12.6. The Morgan fingerprint density at radius 2 is 2.13 bits per heavy atom. The summed E-state index contributed by atoms with van der Waals surface area (Å²) in [6, 6.07) is 0.215. The molecule has 2 N–H and O–H groups in total. The van der Waals surface area contributed by atoms with Gasteiger partial charge in [-0.15, -0.1) is 0 Å². The maximum atomic E-state index is 6.03. The molecule has 0 spiro atoms. The number of hydrogen-bond donors (Lipinski definition) is 1. The lowest BCUT2D eigenvalue weighted by Gasteiger charge is -2.16. The average molecular weight is 228 g/mol. The van der Waals surface area contributed by atoms with E-state index in [4.69, 9.17) is 10.2 Å². The molecule has 2 unspecified atom stereocenters. The van der Waals surface area contributed by atoms with E-state index in [9.17, 15) is 0 Å². The largest absolute Gasteiger partial charge is 0.437 e. The van der Waals surface area contributed by atoms with Gasteiger partial charge in [-0.25, -0.2) is 4.98 Å². The highest BCUT2D eigenvalue weighted by Gasteiger charge is 2.13. The summed E-state index contributed by atoms with van der Waals surface area (Å²) in [5.41, 5.74) is 7.00. The third-order valence-electron chi connectivity index (χ3n) is 2.78. The molecule has 0 aliphatic carbocycles. The van der Waals surface area contributed by atoms with Gasteiger partial charge in [0.05, 0.1) is 5.69 Å². The average Bonchev–Trinajstić information content (AvgIpc) is 2.54. The first-order valence-corrected chi connectivity index (χ1v) is 6.35. The first-order chi connectivity index (χ1) is 7.04. The predicted molar refractivity (Wildman–Crippen MR) is 64.1 cm³/mol. The van der Waals surface area contributed by atoms with E-state index < -0.39 is 0 Å². The van der Waals surface area contributed by atoms with Gasteiger partial charge in [0.2, 0.25) is 0 Å². The zero-order chi connectivity index (χ0) is 11.4. The van der Waals surface area contributed by atoms with Gasteiger partial charge >= 0.3 is 0 Å². The molecular weight excluding hydrogens is 208 g/mol. The maximum Gasteiger partial charge on any atom is 0.256 e. The van der Waals surface area contributed by atoms with Crippen molar-refractivity contribution in [2.24, 2.45) is 11.7 Å². The lowest BCUT2D eigenvalue weighted by atomic mass is 10.0. The zero-order valence-electron chi connectivity index (χ0n) is 9.91. The smallest absolute Gasteiger partial charge is 0.256 e. The molecule has 0 aromatic carbocycles. The van der Waals surface area contributed by atoms with E-state index in [2.05, 4.69) is 18.8 Å². The van der Waals surface area contributed by atoms with Crippen molar-refractivity contribution in [2.75, 3.05) is 5.75 Å². The first-order valence-electron chi connectivity index (χ1n) is 5.37. The molecule has 1 rings (SSSR count). The number of oxazole rings is 1. The minimum atomic E-state index is 0.215. The second kappa shape index (κ2) is 5.56. The van der Waals surface area contributed by atoms with Crippen LogP contribution in [0.2, 0.25) is 0 Å². The van der Waals surface area contributed by atoms with Gasteiger partial charge in [-0.05, 0) is 19.8 Å². The van der Waals surface area contributed by atoms with Crippen LogP contribution in [0.4, 0.5) is 0 Å². The summed E-state index contributed by atoms with van der Waals surface area (Å²) in [7, 11) is 0. The molecule has 1 aromatic heterocycles. The van der Waals surface area contributed by atoms with Gasteiger partial charge in [0.25, 0.3) is 5.22 Å². The molecule has 0 saturated heterocycles. The van der Waals surface area contributed by atoms with Gasteiger partial charge in [0, 0.05) is 11.8 Å². The van der Waals surface area contributed by atoms with Gasteiger partial charge < -0.3 is 10.2 Å². The Kier molecular flexibility index (Phi) is 4.67. The molecule has 0 saturated carbocycles. The molecule has 15 heavy (non-hydrogen) atoms. The SMILES string of the molecule is CCC(C)C(N)CSc1nc(C)c(C)o1. The number of aromatic nitrogens is 1. The molecule has 1 heterocycles. The molecule has 0 amide bonds. The fraction of sp³-hybridized carbons (Fsp3) is 0.727. The fourth-order valence-corrected chi connectivity index (χ4v) is 2.19. The number of nitrogens with two attached hydrogens (primary N) is 1. The van der Waals surface area contributed by atoms with Crippen molar-refractivity contribution >= 4 is 11.8 Å². The summed E-state index contributed by atoms with van der Waals surface area (Å²) in [5, 5.41) is 0.740. The van der Waals surface area contributed by atoms with Crippen LogP contribution in [0.3, 0.4) is 0 Å². The van der Waals surface area contributed by atoms with Gasteiger partial charge in [0.1, 0.15) is 5.76 Å². The van der Waals surface area contributed by atoms with Crippen LogP contribution in [0.1, 0.15) is 31.7 Å². The Balaban J connectivity index is 2.43. The van der Waals surface area contributed by atoms with Gasteiger partial charge in [-0.2, -0.15) is 0 Å². The van der Waals surface area contributed by atoms with Gasteiger partial charge in [-0.1, -0.05) is 32.0 Å².